The molecule has 59 heavy (non-hydrogen) atoms. The number of nitrogens with one attached hydrogen (secondary N) is 1. The molecule has 0 aliphatic carbocycles. The van der Waals surface area contributed by atoms with Gasteiger partial charge >= 0.3 is 0 Å². The quantitative estimate of drug-likeness (QED) is 0.0357. The van der Waals surface area contributed by atoms with Gasteiger partial charge in [-0.15, -0.1) is 0 Å². The van der Waals surface area contributed by atoms with Crippen molar-refractivity contribution in [2.45, 2.75) is 197 Å². The van der Waals surface area contributed by atoms with E-state index in [0.29, 0.717) is 12.8 Å². The lowest BCUT2D eigenvalue weighted by Crippen LogP contribution is -2.65. The van der Waals surface area contributed by atoms with Crippen LogP contribution in [0.2, 0.25) is 0 Å². The van der Waals surface area contributed by atoms with Crippen LogP contribution in [0.5, 0.6) is 0 Å². The minimum atomic E-state index is -1.79. The molecule has 12 atom stereocenters. The average Bonchev–Trinajstić information content (AvgIpc) is 3.23. The smallest absolute Gasteiger partial charge is 0.220 e. The zero-order valence-electron chi connectivity index (χ0n) is 35.5. The van der Waals surface area contributed by atoms with E-state index in [4.69, 9.17) is 18.9 Å². The van der Waals surface area contributed by atoms with E-state index in [9.17, 15) is 45.6 Å². The molecular weight excluding hydrogens is 762 g/mol. The molecule has 0 radical (unpaired) electrons. The van der Waals surface area contributed by atoms with Crippen molar-refractivity contribution in [3.05, 3.63) is 60.8 Å². The van der Waals surface area contributed by atoms with Crippen molar-refractivity contribution in [3.63, 3.8) is 0 Å². The molecular formula is C45H77NO13. The van der Waals surface area contributed by atoms with Gasteiger partial charge in [0, 0.05) is 6.42 Å². The fourth-order valence-corrected chi connectivity index (χ4v) is 6.77. The molecule has 0 aromatic rings. The van der Waals surface area contributed by atoms with Gasteiger partial charge in [-0.2, -0.15) is 0 Å². The van der Waals surface area contributed by atoms with E-state index >= 15 is 0 Å². The van der Waals surface area contributed by atoms with Gasteiger partial charge in [0.2, 0.25) is 5.91 Å². The summed E-state index contributed by atoms with van der Waals surface area (Å²) in [6, 6.07) is -0.943. The number of aliphatic hydroxyl groups excluding tert-OH is 8. The molecule has 0 spiro atoms. The first kappa shape index (κ1) is 52.8. The number of unbranched alkanes of at least 4 members (excludes halogenated alkanes) is 10. The van der Waals surface area contributed by atoms with Gasteiger partial charge in [0.1, 0.15) is 48.8 Å². The van der Waals surface area contributed by atoms with Gasteiger partial charge in [-0.1, -0.05) is 107 Å². The highest BCUT2D eigenvalue weighted by atomic mass is 16.7. The molecule has 0 aromatic heterocycles. The second kappa shape index (κ2) is 32.4. The standard InChI is InChI=1S/C45H77NO13/c1-3-5-7-9-11-13-15-16-17-18-19-21-23-25-27-29-37(50)46-33(34(49)28-26-24-22-20-14-12-10-8-6-4-2)32-56-44-42(55)40(53)43(36(31-48)58-44)59-45-41(54)39(52)38(51)35(30-47)57-45/h6,8,11,13-14,16-17,20,26,28,33-36,38-45,47-49,51-55H,3-5,7,9-10,12,15,18-19,21-25,27,29-32H2,1-2H3,(H,46,50)/b8-6+,13-11-,17-16-,20-14+,28-26+. The number of hydrogen-bond acceptors (Lipinski definition) is 13. The molecule has 2 rings (SSSR count). The normalized spacial score (nSPS) is 29.1. The Kier molecular flexibility index (Phi) is 29.0. The number of ether oxygens (including phenoxy) is 4. The fraction of sp³-hybridized carbons (Fsp3) is 0.756. The lowest BCUT2D eigenvalue weighted by molar-refractivity contribution is -0.359. The molecule has 1 amide bonds. The van der Waals surface area contributed by atoms with E-state index in [1.165, 1.54) is 19.3 Å². The predicted octanol–water partition coefficient (Wildman–Crippen LogP) is 3.93. The van der Waals surface area contributed by atoms with Crippen LogP contribution in [0.3, 0.4) is 0 Å². The maximum Gasteiger partial charge on any atom is 0.220 e. The van der Waals surface area contributed by atoms with Crippen molar-refractivity contribution in [1.29, 1.82) is 0 Å². The van der Waals surface area contributed by atoms with Crippen LogP contribution in [0.1, 0.15) is 123 Å². The maximum atomic E-state index is 13.1. The van der Waals surface area contributed by atoms with Crippen molar-refractivity contribution in [2.24, 2.45) is 0 Å². The second-order valence-electron chi connectivity index (χ2n) is 15.4. The van der Waals surface area contributed by atoms with E-state index in [2.05, 4.69) is 67.8 Å². The van der Waals surface area contributed by atoms with Gasteiger partial charge in [-0.25, -0.2) is 0 Å². The molecule has 14 heteroatoms. The van der Waals surface area contributed by atoms with Crippen LogP contribution in [0, 0.1) is 0 Å². The van der Waals surface area contributed by atoms with Gasteiger partial charge in [-0.3, -0.25) is 4.79 Å². The summed E-state index contributed by atoms with van der Waals surface area (Å²) < 4.78 is 22.5. The Hall–Kier alpha value is -2.31. The average molecular weight is 840 g/mol. The first-order valence-electron chi connectivity index (χ1n) is 22.0. The number of carbonyl (C=O) groups excluding carboxylic acids is 1. The molecule has 0 aromatic carbocycles. The van der Waals surface area contributed by atoms with Crippen molar-refractivity contribution >= 4 is 5.91 Å². The molecule has 2 fully saturated rings. The minimum Gasteiger partial charge on any atom is -0.394 e. The summed E-state index contributed by atoms with van der Waals surface area (Å²) in [7, 11) is 0. The Morgan fingerprint density at radius 3 is 1.83 bits per heavy atom. The summed E-state index contributed by atoms with van der Waals surface area (Å²) in [6.07, 6.45) is 20.0. The van der Waals surface area contributed by atoms with Gasteiger partial charge in [0.05, 0.1) is 32.0 Å². The highest BCUT2D eigenvalue weighted by molar-refractivity contribution is 5.76. The summed E-state index contributed by atoms with van der Waals surface area (Å²) in [5, 5.41) is 86.2. The molecule has 340 valence electrons. The van der Waals surface area contributed by atoms with Gasteiger partial charge < -0.3 is 65.1 Å². The molecule has 0 bridgehead atoms. The van der Waals surface area contributed by atoms with E-state index in [1.54, 1.807) is 6.08 Å². The maximum absolute atomic E-state index is 13.1. The van der Waals surface area contributed by atoms with Crippen molar-refractivity contribution in [2.75, 3.05) is 19.8 Å². The van der Waals surface area contributed by atoms with Crippen LogP contribution in [0.25, 0.3) is 0 Å². The Labute approximate surface area is 352 Å². The molecule has 2 aliphatic heterocycles. The number of amides is 1. The number of hydrogen-bond donors (Lipinski definition) is 9. The summed E-state index contributed by atoms with van der Waals surface area (Å²) in [5.74, 6) is -0.275. The van der Waals surface area contributed by atoms with E-state index < -0.39 is 86.8 Å². The lowest BCUT2D eigenvalue weighted by Gasteiger charge is -2.46. The van der Waals surface area contributed by atoms with Crippen LogP contribution in [0.15, 0.2) is 60.8 Å². The highest BCUT2D eigenvalue weighted by Gasteiger charge is 2.50. The zero-order chi connectivity index (χ0) is 43.3. The van der Waals surface area contributed by atoms with E-state index in [1.807, 2.05) is 6.08 Å². The summed E-state index contributed by atoms with van der Waals surface area (Å²) in [5.41, 5.74) is 0. The van der Waals surface area contributed by atoms with Crippen molar-refractivity contribution in [1.82, 2.24) is 5.32 Å². The van der Waals surface area contributed by atoms with E-state index in [0.717, 1.165) is 70.6 Å². The Balaban J connectivity index is 1.92. The van der Waals surface area contributed by atoms with Crippen LogP contribution in [-0.2, 0) is 23.7 Å². The molecule has 2 saturated heterocycles. The zero-order valence-corrected chi connectivity index (χ0v) is 35.5. The fourth-order valence-electron chi connectivity index (χ4n) is 6.77. The Morgan fingerprint density at radius 1 is 0.627 bits per heavy atom. The third kappa shape index (κ3) is 20.9. The van der Waals surface area contributed by atoms with Crippen LogP contribution in [-0.4, -0.2) is 140 Å². The molecule has 0 saturated carbocycles. The molecule has 12 unspecified atom stereocenters. The SMILES string of the molecule is CC/C=C/CC/C=C/CC/C=C/C(O)C(COC1OC(CO)C(OC2OC(CO)C(O)C(O)C2O)C(O)C1O)NC(=O)CCCCCCC/C=C\C/C=C\CCCCC. The van der Waals surface area contributed by atoms with Crippen LogP contribution in [0.4, 0.5) is 0 Å². The number of allylic oxidation sites excluding steroid dienone is 9. The van der Waals surface area contributed by atoms with Crippen molar-refractivity contribution < 1.29 is 64.6 Å². The lowest BCUT2D eigenvalue weighted by atomic mass is 9.97. The topological polar surface area (TPSA) is 228 Å². The third-order valence-corrected chi connectivity index (χ3v) is 10.4. The van der Waals surface area contributed by atoms with Gasteiger partial charge in [0.25, 0.3) is 0 Å². The van der Waals surface area contributed by atoms with Gasteiger partial charge in [0.15, 0.2) is 12.6 Å². The number of aliphatic hydroxyl groups is 8. The number of rotatable bonds is 31. The Bertz CT molecular complexity index is 1220. The molecule has 2 aliphatic rings. The molecule has 2 heterocycles. The molecule has 9 N–H and O–H groups in total. The first-order valence-corrected chi connectivity index (χ1v) is 22.0. The summed E-state index contributed by atoms with van der Waals surface area (Å²) in [4.78, 5) is 13.1. The highest BCUT2D eigenvalue weighted by Crippen LogP contribution is 2.29. The predicted molar refractivity (Wildman–Crippen MR) is 226 cm³/mol. The minimum absolute atomic E-state index is 0.250. The first-order chi connectivity index (χ1) is 28.6. The molecule has 14 nitrogen and oxygen atoms in total. The third-order valence-electron chi connectivity index (χ3n) is 10.4. The van der Waals surface area contributed by atoms with Crippen molar-refractivity contribution in [3.8, 4) is 0 Å². The van der Waals surface area contributed by atoms with Crippen LogP contribution < -0.4 is 5.32 Å². The largest absolute Gasteiger partial charge is 0.394 e. The summed E-state index contributed by atoms with van der Waals surface area (Å²) in [6.45, 7) is 2.55. The van der Waals surface area contributed by atoms with Crippen LogP contribution >= 0.6 is 0 Å². The van der Waals surface area contributed by atoms with Gasteiger partial charge in [-0.05, 0) is 70.6 Å². The monoisotopic (exact) mass is 840 g/mol. The Morgan fingerprint density at radius 2 is 1.19 bits per heavy atom. The number of carbonyl (C=O) groups is 1. The summed E-state index contributed by atoms with van der Waals surface area (Å²) >= 11 is 0. The van der Waals surface area contributed by atoms with E-state index in [-0.39, 0.29) is 18.9 Å². The second-order valence-corrected chi connectivity index (χ2v) is 15.4.